The molecule has 7 nitrogen and oxygen atoms in total. The van der Waals surface area contributed by atoms with E-state index >= 15 is 0 Å². The van der Waals surface area contributed by atoms with Crippen molar-refractivity contribution in [2.24, 2.45) is 0 Å². The van der Waals surface area contributed by atoms with Crippen LogP contribution in [0.25, 0.3) is 37.5 Å². The average Bonchev–Trinajstić information content (AvgIpc) is 3.43. The summed E-state index contributed by atoms with van der Waals surface area (Å²) in [5, 5.41) is 7.48. The standard InChI is InChI=1S/C25H19N5O2S/c1-15-27-19-8-4-2-6-16(19)23-22(17-7-3-5-9-20(17)30(15)23)28-21(31)10-12-29-14-26-24-18(25(29)32)11-13-33-24/h2-9,11,13-14H,10,12H2,1H3,(H,28,31). The van der Waals surface area contributed by atoms with Crippen molar-refractivity contribution in [2.75, 3.05) is 5.32 Å². The lowest BCUT2D eigenvalue weighted by Gasteiger charge is -2.09. The Morgan fingerprint density at radius 2 is 1.82 bits per heavy atom. The molecule has 0 unspecified atom stereocenters. The van der Waals surface area contributed by atoms with Gasteiger partial charge in [0.25, 0.3) is 5.56 Å². The second-order valence-electron chi connectivity index (χ2n) is 7.93. The number of aryl methyl sites for hydroxylation is 2. The number of fused-ring (bicyclic) bond motifs is 6. The van der Waals surface area contributed by atoms with Crippen molar-refractivity contribution in [3.05, 3.63) is 82.5 Å². The molecular formula is C25H19N5O2S. The minimum Gasteiger partial charge on any atom is -0.324 e. The lowest BCUT2D eigenvalue weighted by molar-refractivity contribution is -0.116. The summed E-state index contributed by atoms with van der Waals surface area (Å²) in [5.41, 5.74) is 3.42. The topological polar surface area (TPSA) is 81.3 Å². The molecule has 0 saturated carbocycles. The number of hydrogen-bond donors (Lipinski definition) is 1. The highest BCUT2D eigenvalue weighted by molar-refractivity contribution is 7.16. The molecule has 0 aliphatic rings. The molecule has 6 rings (SSSR count). The van der Waals surface area contributed by atoms with E-state index in [0.29, 0.717) is 10.2 Å². The van der Waals surface area contributed by atoms with E-state index in [2.05, 4.69) is 14.7 Å². The Hall–Kier alpha value is -4.04. The zero-order valence-electron chi connectivity index (χ0n) is 17.8. The van der Waals surface area contributed by atoms with Crippen LogP contribution < -0.4 is 10.9 Å². The Morgan fingerprint density at radius 3 is 2.70 bits per heavy atom. The lowest BCUT2D eigenvalue weighted by Crippen LogP contribution is -2.23. The van der Waals surface area contributed by atoms with Crippen molar-refractivity contribution >= 4 is 60.5 Å². The number of nitrogens with one attached hydrogen (secondary N) is 1. The first kappa shape index (κ1) is 19.6. The number of carbonyl (C=O) groups excluding carboxylic acids is 1. The van der Waals surface area contributed by atoms with Gasteiger partial charge in [-0.15, -0.1) is 11.3 Å². The Labute approximate surface area is 191 Å². The monoisotopic (exact) mass is 453 g/mol. The molecule has 6 aromatic rings. The second-order valence-corrected chi connectivity index (χ2v) is 8.83. The molecule has 0 radical (unpaired) electrons. The molecule has 1 N–H and O–H groups in total. The van der Waals surface area contributed by atoms with Gasteiger partial charge in [-0.05, 0) is 30.5 Å². The molecule has 0 atom stereocenters. The summed E-state index contributed by atoms with van der Waals surface area (Å²) in [5.74, 6) is 0.686. The summed E-state index contributed by atoms with van der Waals surface area (Å²) in [6.45, 7) is 2.23. The minimum atomic E-state index is -0.163. The summed E-state index contributed by atoms with van der Waals surface area (Å²) in [6, 6.07) is 17.7. The third-order valence-corrected chi connectivity index (χ3v) is 6.76. The van der Waals surface area contributed by atoms with Gasteiger partial charge < -0.3 is 5.32 Å². The normalized spacial score (nSPS) is 11.7. The summed E-state index contributed by atoms with van der Waals surface area (Å²) in [4.78, 5) is 35.5. The molecule has 162 valence electrons. The zero-order valence-corrected chi connectivity index (χ0v) is 18.6. The molecule has 33 heavy (non-hydrogen) atoms. The number of hydrogen-bond acceptors (Lipinski definition) is 5. The van der Waals surface area contributed by atoms with E-state index in [9.17, 15) is 9.59 Å². The van der Waals surface area contributed by atoms with Crippen molar-refractivity contribution in [3.8, 4) is 0 Å². The highest BCUT2D eigenvalue weighted by Gasteiger charge is 2.18. The van der Waals surface area contributed by atoms with Crippen molar-refractivity contribution in [2.45, 2.75) is 19.9 Å². The van der Waals surface area contributed by atoms with Gasteiger partial charge in [0.05, 0.1) is 34.0 Å². The smallest absolute Gasteiger partial charge is 0.262 e. The van der Waals surface area contributed by atoms with Crippen molar-refractivity contribution < 1.29 is 4.79 Å². The van der Waals surface area contributed by atoms with Gasteiger partial charge in [-0.1, -0.05) is 36.4 Å². The molecule has 2 aromatic carbocycles. The van der Waals surface area contributed by atoms with E-state index < -0.39 is 0 Å². The van der Waals surface area contributed by atoms with Crippen LogP contribution in [0.15, 0.2) is 71.1 Å². The molecular weight excluding hydrogens is 434 g/mol. The fourth-order valence-electron chi connectivity index (χ4n) is 4.43. The van der Waals surface area contributed by atoms with Crippen LogP contribution in [-0.2, 0) is 11.3 Å². The summed E-state index contributed by atoms with van der Waals surface area (Å²) >= 11 is 1.43. The van der Waals surface area contributed by atoms with E-state index in [1.54, 1.807) is 6.07 Å². The molecule has 0 aliphatic heterocycles. The first-order valence-corrected chi connectivity index (χ1v) is 11.5. The van der Waals surface area contributed by atoms with Gasteiger partial charge in [0.1, 0.15) is 10.7 Å². The molecule has 0 fully saturated rings. The van der Waals surface area contributed by atoms with Gasteiger partial charge in [-0.3, -0.25) is 18.6 Å². The van der Waals surface area contributed by atoms with Crippen LogP contribution in [0.2, 0.25) is 0 Å². The first-order chi connectivity index (χ1) is 16.1. The largest absolute Gasteiger partial charge is 0.324 e. The van der Waals surface area contributed by atoms with E-state index in [0.717, 1.165) is 38.8 Å². The summed E-state index contributed by atoms with van der Waals surface area (Å²) in [7, 11) is 0. The van der Waals surface area contributed by atoms with Crippen LogP contribution in [0.5, 0.6) is 0 Å². The number of benzene rings is 2. The van der Waals surface area contributed by atoms with E-state index in [1.165, 1.54) is 22.2 Å². The number of nitrogens with zero attached hydrogens (tertiary/aromatic N) is 4. The van der Waals surface area contributed by atoms with Crippen LogP contribution in [0, 0.1) is 6.92 Å². The highest BCUT2D eigenvalue weighted by Crippen LogP contribution is 2.36. The molecule has 4 heterocycles. The SMILES string of the molecule is Cc1nc2ccccc2c2c(NC(=O)CCn3cnc4sccc4c3=O)c3ccccc3n12. The molecule has 0 saturated heterocycles. The number of thiophene rings is 1. The van der Waals surface area contributed by atoms with Crippen molar-refractivity contribution in [1.82, 2.24) is 18.9 Å². The Bertz CT molecular complexity index is 1760. The van der Waals surface area contributed by atoms with Gasteiger partial charge in [-0.2, -0.15) is 0 Å². The van der Waals surface area contributed by atoms with Gasteiger partial charge >= 0.3 is 0 Å². The van der Waals surface area contributed by atoms with E-state index in [-0.39, 0.29) is 24.4 Å². The van der Waals surface area contributed by atoms with Crippen LogP contribution >= 0.6 is 11.3 Å². The van der Waals surface area contributed by atoms with Crippen molar-refractivity contribution in [1.29, 1.82) is 0 Å². The summed E-state index contributed by atoms with van der Waals surface area (Å²) in [6.07, 6.45) is 1.67. The third-order valence-electron chi connectivity index (χ3n) is 5.93. The average molecular weight is 454 g/mol. The minimum absolute atomic E-state index is 0.124. The molecule has 1 amide bonds. The predicted octanol–water partition coefficient (Wildman–Crippen LogP) is 4.75. The van der Waals surface area contributed by atoms with Gasteiger partial charge in [0, 0.05) is 23.7 Å². The first-order valence-electron chi connectivity index (χ1n) is 10.6. The maximum Gasteiger partial charge on any atom is 0.262 e. The van der Waals surface area contributed by atoms with E-state index in [4.69, 9.17) is 4.98 Å². The fraction of sp³-hybridized carbons (Fsp3) is 0.120. The number of carbonyl (C=O) groups is 1. The Balaban J connectivity index is 1.41. The molecule has 0 aliphatic carbocycles. The lowest BCUT2D eigenvalue weighted by atomic mass is 10.1. The molecule has 0 bridgehead atoms. The van der Waals surface area contributed by atoms with Crippen LogP contribution in [0.4, 0.5) is 5.69 Å². The molecule has 4 aromatic heterocycles. The number of amides is 1. The number of aromatic nitrogens is 4. The van der Waals surface area contributed by atoms with Gasteiger partial charge in [0.2, 0.25) is 5.91 Å². The number of anilines is 1. The maximum atomic E-state index is 13.0. The van der Waals surface area contributed by atoms with Crippen molar-refractivity contribution in [3.63, 3.8) is 0 Å². The van der Waals surface area contributed by atoms with Gasteiger partial charge in [0.15, 0.2) is 0 Å². The predicted molar refractivity (Wildman–Crippen MR) is 132 cm³/mol. The van der Waals surface area contributed by atoms with Crippen LogP contribution in [-0.4, -0.2) is 24.8 Å². The zero-order chi connectivity index (χ0) is 22.5. The fourth-order valence-corrected chi connectivity index (χ4v) is 5.15. The van der Waals surface area contributed by atoms with Crippen LogP contribution in [0.3, 0.4) is 0 Å². The van der Waals surface area contributed by atoms with Crippen LogP contribution in [0.1, 0.15) is 12.2 Å². The molecule has 8 heteroatoms. The quantitative estimate of drug-likeness (QED) is 0.418. The molecule has 0 spiro atoms. The highest BCUT2D eigenvalue weighted by atomic mass is 32.1. The number of para-hydroxylation sites is 2. The Morgan fingerprint density at radius 1 is 1.03 bits per heavy atom. The second kappa shape index (κ2) is 7.53. The van der Waals surface area contributed by atoms with Gasteiger partial charge in [-0.25, -0.2) is 9.97 Å². The Kier molecular flexibility index (Phi) is 4.48. The van der Waals surface area contributed by atoms with E-state index in [1.807, 2.05) is 60.8 Å². The summed E-state index contributed by atoms with van der Waals surface area (Å²) < 4.78 is 3.58. The third kappa shape index (κ3) is 3.10. The maximum absolute atomic E-state index is 13.0. The number of rotatable bonds is 4.